The lowest BCUT2D eigenvalue weighted by molar-refractivity contribution is 0.0342. The lowest BCUT2D eigenvalue weighted by Gasteiger charge is -2.33. The number of ether oxygens (including phenoxy) is 1. The molecule has 1 aromatic carbocycles. The van der Waals surface area contributed by atoms with Gasteiger partial charge in [-0.25, -0.2) is 0 Å². The van der Waals surface area contributed by atoms with Crippen LogP contribution >= 0.6 is 24.0 Å². The Morgan fingerprint density at radius 3 is 2.38 bits per heavy atom. The average molecular weight is 512 g/mol. The third-order valence-electron chi connectivity index (χ3n) is 6.85. The van der Waals surface area contributed by atoms with Crippen molar-refractivity contribution in [3.8, 4) is 0 Å². The molecular formula is C23H37IN4O. The van der Waals surface area contributed by atoms with Crippen LogP contribution < -0.4 is 5.32 Å². The molecule has 1 aromatic rings. The van der Waals surface area contributed by atoms with Crippen molar-refractivity contribution in [2.24, 2.45) is 10.4 Å². The standard InChI is InChI=1S/C23H36N4O.HI/c1-24-22(27-12-11-23(19-27)9-3-2-4-10-23)25-17-20-5-7-21(8-6-20)18-26-13-15-28-16-14-26;/h5-8H,2-4,9-19H2,1H3,(H,24,25);1H. The zero-order chi connectivity index (χ0) is 19.2. The lowest BCUT2D eigenvalue weighted by atomic mass is 9.73. The van der Waals surface area contributed by atoms with Gasteiger partial charge in [0.25, 0.3) is 0 Å². The first-order valence-electron chi connectivity index (χ1n) is 11.1. The third-order valence-corrected chi connectivity index (χ3v) is 6.85. The topological polar surface area (TPSA) is 40.1 Å². The van der Waals surface area contributed by atoms with E-state index in [1.54, 1.807) is 0 Å². The quantitative estimate of drug-likeness (QED) is 0.378. The first-order chi connectivity index (χ1) is 13.8. The molecule has 4 rings (SSSR count). The number of likely N-dealkylation sites (tertiary alicyclic amines) is 1. The Morgan fingerprint density at radius 1 is 1.00 bits per heavy atom. The minimum Gasteiger partial charge on any atom is -0.379 e. The largest absolute Gasteiger partial charge is 0.379 e. The van der Waals surface area contributed by atoms with Crippen molar-refractivity contribution >= 4 is 29.9 Å². The van der Waals surface area contributed by atoms with E-state index >= 15 is 0 Å². The highest BCUT2D eigenvalue weighted by Gasteiger charge is 2.39. The molecule has 6 heteroatoms. The van der Waals surface area contributed by atoms with E-state index in [2.05, 4.69) is 44.4 Å². The summed E-state index contributed by atoms with van der Waals surface area (Å²) in [6.07, 6.45) is 8.41. The summed E-state index contributed by atoms with van der Waals surface area (Å²) in [7, 11) is 1.92. The fourth-order valence-electron chi connectivity index (χ4n) is 5.12. The van der Waals surface area contributed by atoms with Gasteiger partial charge in [0.05, 0.1) is 13.2 Å². The highest BCUT2D eigenvalue weighted by Crippen LogP contribution is 2.43. The molecule has 1 aliphatic carbocycles. The van der Waals surface area contributed by atoms with Gasteiger partial charge in [-0.15, -0.1) is 24.0 Å². The van der Waals surface area contributed by atoms with E-state index in [1.165, 1.54) is 56.2 Å². The van der Waals surface area contributed by atoms with Crippen LogP contribution in [0.1, 0.15) is 49.7 Å². The molecule has 0 bridgehead atoms. The van der Waals surface area contributed by atoms with Crippen molar-refractivity contribution in [1.82, 2.24) is 15.1 Å². The maximum atomic E-state index is 5.44. The van der Waals surface area contributed by atoms with Crippen LogP contribution in [0.4, 0.5) is 0 Å². The number of nitrogens with zero attached hydrogens (tertiary/aromatic N) is 3. The van der Waals surface area contributed by atoms with Crippen LogP contribution in [0.5, 0.6) is 0 Å². The van der Waals surface area contributed by atoms with Gasteiger partial charge in [0.2, 0.25) is 0 Å². The van der Waals surface area contributed by atoms with Gasteiger partial charge in [-0.1, -0.05) is 43.5 Å². The Bertz CT molecular complexity index is 651. The first-order valence-corrected chi connectivity index (χ1v) is 11.1. The zero-order valence-corrected chi connectivity index (χ0v) is 20.2. The zero-order valence-electron chi connectivity index (χ0n) is 17.9. The summed E-state index contributed by atoms with van der Waals surface area (Å²) in [5.41, 5.74) is 3.27. The van der Waals surface area contributed by atoms with Crippen molar-refractivity contribution in [2.45, 2.75) is 51.6 Å². The van der Waals surface area contributed by atoms with Crippen LogP contribution in [0, 0.1) is 5.41 Å². The van der Waals surface area contributed by atoms with Gasteiger partial charge < -0.3 is 15.0 Å². The number of halogens is 1. The van der Waals surface area contributed by atoms with E-state index in [0.717, 1.165) is 51.9 Å². The molecule has 1 N–H and O–H groups in total. The number of hydrogen-bond acceptors (Lipinski definition) is 3. The molecule has 2 aliphatic heterocycles. The molecule has 3 fully saturated rings. The molecule has 3 aliphatic rings. The maximum absolute atomic E-state index is 5.44. The number of morpholine rings is 1. The molecular weight excluding hydrogens is 475 g/mol. The number of rotatable bonds is 4. The van der Waals surface area contributed by atoms with Crippen LogP contribution in [0.15, 0.2) is 29.3 Å². The summed E-state index contributed by atoms with van der Waals surface area (Å²) in [5, 5.41) is 3.60. The monoisotopic (exact) mass is 512 g/mol. The van der Waals surface area contributed by atoms with Crippen molar-refractivity contribution in [3.05, 3.63) is 35.4 Å². The Hall–Kier alpha value is -0.860. The normalized spacial score (nSPS) is 22.5. The smallest absolute Gasteiger partial charge is 0.193 e. The highest BCUT2D eigenvalue weighted by molar-refractivity contribution is 14.0. The Kier molecular flexibility index (Phi) is 8.62. The predicted octanol–water partition coefficient (Wildman–Crippen LogP) is 3.87. The van der Waals surface area contributed by atoms with E-state index < -0.39 is 0 Å². The second kappa shape index (κ2) is 11.0. The molecule has 1 spiro atoms. The number of nitrogens with one attached hydrogen (secondary N) is 1. The molecule has 5 nitrogen and oxygen atoms in total. The maximum Gasteiger partial charge on any atom is 0.193 e. The van der Waals surface area contributed by atoms with Gasteiger partial charge in [-0.2, -0.15) is 0 Å². The summed E-state index contributed by atoms with van der Waals surface area (Å²) in [6.45, 7) is 8.00. The molecule has 0 unspecified atom stereocenters. The number of guanidine groups is 1. The second-order valence-electron chi connectivity index (χ2n) is 8.84. The summed E-state index contributed by atoms with van der Waals surface area (Å²) >= 11 is 0. The SMILES string of the molecule is CN=C(NCc1ccc(CN2CCOCC2)cc1)N1CCC2(CCCCC2)C1.I. The Morgan fingerprint density at radius 2 is 1.69 bits per heavy atom. The van der Waals surface area contributed by atoms with Crippen LogP contribution in [-0.4, -0.2) is 62.2 Å². The van der Waals surface area contributed by atoms with Gasteiger partial charge in [-0.05, 0) is 35.8 Å². The molecule has 2 heterocycles. The number of benzene rings is 1. The minimum absolute atomic E-state index is 0. The average Bonchev–Trinajstić information content (AvgIpc) is 3.14. The van der Waals surface area contributed by atoms with Crippen LogP contribution in [0.3, 0.4) is 0 Å². The van der Waals surface area contributed by atoms with E-state index in [9.17, 15) is 0 Å². The summed E-state index contributed by atoms with van der Waals surface area (Å²) in [4.78, 5) is 9.52. The summed E-state index contributed by atoms with van der Waals surface area (Å²) < 4.78 is 5.44. The van der Waals surface area contributed by atoms with Crippen LogP contribution in [0.25, 0.3) is 0 Å². The molecule has 0 amide bonds. The van der Waals surface area contributed by atoms with Gasteiger partial charge in [0, 0.05) is 46.3 Å². The van der Waals surface area contributed by atoms with Crippen molar-refractivity contribution < 1.29 is 4.74 Å². The van der Waals surface area contributed by atoms with Crippen molar-refractivity contribution in [3.63, 3.8) is 0 Å². The number of aliphatic imine (C=N–C) groups is 1. The first kappa shape index (κ1) is 22.8. The summed E-state index contributed by atoms with van der Waals surface area (Å²) in [5.74, 6) is 1.07. The van der Waals surface area contributed by atoms with Gasteiger partial charge in [0.1, 0.15) is 0 Å². The Labute approximate surface area is 193 Å². The highest BCUT2D eigenvalue weighted by atomic mass is 127. The van der Waals surface area contributed by atoms with Crippen molar-refractivity contribution in [2.75, 3.05) is 46.4 Å². The molecule has 162 valence electrons. The van der Waals surface area contributed by atoms with E-state index in [1.807, 2.05) is 7.05 Å². The molecule has 0 aromatic heterocycles. The van der Waals surface area contributed by atoms with E-state index in [0.29, 0.717) is 5.41 Å². The molecule has 0 atom stereocenters. The predicted molar refractivity (Wildman–Crippen MR) is 130 cm³/mol. The fraction of sp³-hybridized carbons (Fsp3) is 0.696. The fourth-order valence-corrected chi connectivity index (χ4v) is 5.12. The van der Waals surface area contributed by atoms with Gasteiger partial charge in [-0.3, -0.25) is 9.89 Å². The molecule has 1 saturated carbocycles. The molecule has 2 saturated heterocycles. The minimum atomic E-state index is 0. The van der Waals surface area contributed by atoms with Gasteiger partial charge in [0.15, 0.2) is 5.96 Å². The van der Waals surface area contributed by atoms with Crippen LogP contribution in [0.2, 0.25) is 0 Å². The van der Waals surface area contributed by atoms with Crippen LogP contribution in [-0.2, 0) is 17.8 Å². The second-order valence-corrected chi connectivity index (χ2v) is 8.84. The van der Waals surface area contributed by atoms with E-state index in [-0.39, 0.29) is 24.0 Å². The molecule has 29 heavy (non-hydrogen) atoms. The Balaban J connectivity index is 0.00000240. The summed E-state index contributed by atoms with van der Waals surface area (Å²) in [6, 6.07) is 9.04. The van der Waals surface area contributed by atoms with Gasteiger partial charge >= 0.3 is 0 Å². The van der Waals surface area contributed by atoms with E-state index in [4.69, 9.17) is 4.74 Å². The van der Waals surface area contributed by atoms with Crippen molar-refractivity contribution in [1.29, 1.82) is 0 Å². The molecule has 0 radical (unpaired) electrons. The lowest BCUT2D eigenvalue weighted by Crippen LogP contribution is -2.41. The number of hydrogen-bond donors (Lipinski definition) is 1. The third kappa shape index (κ3) is 6.07.